The number of piperidine rings is 1. The Morgan fingerprint density at radius 3 is 2.18 bits per heavy atom. The fraction of sp³-hybridized carbons (Fsp3) is 0.423. The highest BCUT2D eigenvalue weighted by Gasteiger charge is 2.32. The highest BCUT2D eigenvalue weighted by atomic mass is 16.2. The van der Waals surface area contributed by atoms with Crippen molar-refractivity contribution >= 4 is 5.91 Å². The summed E-state index contributed by atoms with van der Waals surface area (Å²) in [6, 6.07) is 18.1. The number of nitrogens with zero attached hydrogens (tertiary/aromatic N) is 5. The summed E-state index contributed by atoms with van der Waals surface area (Å²) in [6.07, 6.45) is 3.57. The van der Waals surface area contributed by atoms with Crippen LogP contribution in [0.5, 0.6) is 0 Å². The summed E-state index contributed by atoms with van der Waals surface area (Å²) in [5.41, 5.74) is 3.03. The Balaban J connectivity index is 1.46. The van der Waals surface area contributed by atoms with Crippen LogP contribution in [0.2, 0.25) is 0 Å². The molecule has 4 rings (SSSR count). The lowest BCUT2D eigenvalue weighted by atomic mass is 9.88. The Kier molecular flexibility index (Phi) is 6.79. The molecule has 1 saturated heterocycles. The Labute approximate surface area is 195 Å². The van der Waals surface area contributed by atoms with E-state index >= 15 is 0 Å². The molecule has 2 aromatic carbocycles. The molecule has 1 aromatic heterocycles. The fourth-order valence-electron chi connectivity index (χ4n) is 4.64. The molecule has 0 aliphatic carbocycles. The molecule has 2 heterocycles. The molecule has 174 valence electrons. The SMILES string of the molecule is CC(C)n1ncn(-c2ccc(C3CCN(C(C(=O)N(C)C)c4ccccc4)CC3)cc2)c1=O. The van der Waals surface area contributed by atoms with E-state index in [0.717, 1.165) is 37.2 Å². The first-order chi connectivity index (χ1) is 15.9. The van der Waals surface area contributed by atoms with Crippen LogP contribution in [0, 0.1) is 0 Å². The summed E-state index contributed by atoms with van der Waals surface area (Å²) in [5, 5.41) is 4.21. The van der Waals surface area contributed by atoms with Crippen LogP contribution in [0.15, 0.2) is 65.7 Å². The van der Waals surface area contributed by atoms with Crippen LogP contribution in [0.1, 0.15) is 55.8 Å². The van der Waals surface area contributed by atoms with E-state index in [9.17, 15) is 9.59 Å². The number of benzene rings is 2. The van der Waals surface area contributed by atoms with Gasteiger partial charge in [-0.2, -0.15) is 5.10 Å². The van der Waals surface area contributed by atoms with Gasteiger partial charge < -0.3 is 4.90 Å². The minimum absolute atomic E-state index is 0.0299. The van der Waals surface area contributed by atoms with Gasteiger partial charge in [-0.05, 0) is 69.0 Å². The number of carbonyl (C=O) groups is 1. The second-order valence-electron chi connectivity index (χ2n) is 9.27. The molecule has 1 amide bonds. The molecule has 1 atom stereocenters. The molecule has 0 N–H and O–H groups in total. The number of likely N-dealkylation sites (tertiary alicyclic amines) is 1. The lowest BCUT2D eigenvalue weighted by Gasteiger charge is -2.38. The summed E-state index contributed by atoms with van der Waals surface area (Å²) in [5.74, 6) is 0.563. The van der Waals surface area contributed by atoms with Gasteiger partial charge in [0.05, 0.1) is 11.7 Å². The van der Waals surface area contributed by atoms with Crippen molar-refractivity contribution in [1.82, 2.24) is 24.1 Å². The average molecular weight is 448 g/mol. The van der Waals surface area contributed by atoms with Crippen molar-refractivity contribution in [2.45, 2.75) is 44.7 Å². The lowest BCUT2D eigenvalue weighted by molar-refractivity contribution is -0.135. The van der Waals surface area contributed by atoms with E-state index in [-0.39, 0.29) is 23.7 Å². The number of amides is 1. The van der Waals surface area contributed by atoms with Gasteiger partial charge in [0.1, 0.15) is 12.4 Å². The van der Waals surface area contributed by atoms with Crippen molar-refractivity contribution in [1.29, 1.82) is 0 Å². The predicted molar refractivity (Wildman–Crippen MR) is 130 cm³/mol. The van der Waals surface area contributed by atoms with Crippen molar-refractivity contribution in [3.63, 3.8) is 0 Å². The number of likely N-dealkylation sites (N-methyl/N-ethyl adjacent to an activating group) is 1. The summed E-state index contributed by atoms with van der Waals surface area (Å²) in [4.78, 5) is 29.5. The maximum Gasteiger partial charge on any atom is 0.350 e. The van der Waals surface area contributed by atoms with Gasteiger partial charge in [-0.3, -0.25) is 9.69 Å². The van der Waals surface area contributed by atoms with E-state index in [2.05, 4.69) is 22.1 Å². The van der Waals surface area contributed by atoms with Crippen molar-refractivity contribution < 1.29 is 4.79 Å². The smallest absolute Gasteiger partial charge is 0.347 e. The molecule has 0 saturated carbocycles. The van der Waals surface area contributed by atoms with Crippen LogP contribution < -0.4 is 5.69 Å². The highest BCUT2D eigenvalue weighted by molar-refractivity contribution is 5.82. The molecule has 7 heteroatoms. The second kappa shape index (κ2) is 9.75. The van der Waals surface area contributed by atoms with Crippen molar-refractivity contribution in [2.75, 3.05) is 27.2 Å². The summed E-state index contributed by atoms with van der Waals surface area (Å²) in [6.45, 7) is 5.63. The zero-order chi connectivity index (χ0) is 23.5. The van der Waals surface area contributed by atoms with E-state index in [1.807, 2.05) is 70.4 Å². The van der Waals surface area contributed by atoms with Crippen LogP contribution in [-0.4, -0.2) is 57.2 Å². The molecule has 0 spiro atoms. The monoisotopic (exact) mass is 447 g/mol. The molecule has 1 unspecified atom stereocenters. The normalized spacial score (nSPS) is 16.2. The van der Waals surface area contributed by atoms with Gasteiger partial charge in [0.2, 0.25) is 5.91 Å². The van der Waals surface area contributed by atoms with E-state index in [1.165, 1.54) is 10.2 Å². The molecule has 1 fully saturated rings. The second-order valence-corrected chi connectivity index (χ2v) is 9.27. The number of hydrogen-bond acceptors (Lipinski definition) is 4. The topological polar surface area (TPSA) is 63.4 Å². The van der Waals surface area contributed by atoms with Gasteiger partial charge in [0.15, 0.2) is 0 Å². The third-order valence-corrected chi connectivity index (χ3v) is 6.51. The Bertz CT molecular complexity index is 1120. The number of aromatic nitrogens is 3. The van der Waals surface area contributed by atoms with Crippen LogP contribution in [-0.2, 0) is 4.79 Å². The number of rotatable bonds is 6. The zero-order valence-corrected chi connectivity index (χ0v) is 19.9. The Hall–Kier alpha value is -3.19. The average Bonchev–Trinajstić information content (AvgIpc) is 3.22. The molecule has 33 heavy (non-hydrogen) atoms. The van der Waals surface area contributed by atoms with E-state index in [0.29, 0.717) is 5.92 Å². The fourth-order valence-corrected chi connectivity index (χ4v) is 4.64. The van der Waals surface area contributed by atoms with E-state index in [4.69, 9.17) is 0 Å². The highest BCUT2D eigenvalue weighted by Crippen LogP contribution is 2.33. The van der Waals surface area contributed by atoms with Gasteiger partial charge in [0, 0.05) is 14.1 Å². The minimum atomic E-state index is -0.242. The molecular formula is C26H33N5O2. The predicted octanol–water partition coefficient (Wildman–Crippen LogP) is 3.62. The molecular weight excluding hydrogens is 414 g/mol. The van der Waals surface area contributed by atoms with Gasteiger partial charge in [-0.1, -0.05) is 42.5 Å². The van der Waals surface area contributed by atoms with Crippen LogP contribution in [0.3, 0.4) is 0 Å². The minimum Gasteiger partial charge on any atom is -0.347 e. The molecule has 0 bridgehead atoms. The van der Waals surface area contributed by atoms with Gasteiger partial charge in [-0.25, -0.2) is 14.0 Å². The van der Waals surface area contributed by atoms with Gasteiger partial charge in [-0.15, -0.1) is 0 Å². The van der Waals surface area contributed by atoms with Crippen molar-refractivity contribution in [3.05, 3.63) is 82.5 Å². The molecule has 1 aliphatic rings. The summed E-state index contributed by atoms with van der Waals surface area (Å²) >= 11 is 0. The van der Waals surface area contributed by atoms with Crippen molar-refractivity contribution in [2.24, 2.45) is 0 Å². The summed E-state index contributed by atoms with van der Waals surface area (Å²) in [7, 11) is 3.64. The largest absolute Gasteiger partial charge is 0.350 e. The van der Waals surface area contributed by atoms with Crippen molar-refractivity contribution in [3.8, 4) is 5.69 Å². The Morgan fingerprint density at radius 1 is 1.00 bits per heavy atom. The summed E-state index contributed by atoms with van der Waals surface area (Å²) < 4.78 is 3.07. The van der Waals surface area contributed by atoms with Gasteiger partial charge in [0.25, 0.3) is 0 Å². The lowest BCUT2D eigenvalue weighted by Crippen LogP contribution is -2.43. The maximum atomic E-state index is 13.0. The molecule has 3 aromatic rings. The standard InChI is InChI=1S/C26H33N5O2/c1-19(2)31-26(33)30(18-27-31)23-12-10-20(11-13-23)21-14-16-29(17-15-21)24(25(32)28(3)4)22-8-6-5-7-9-22/h5-13,18-19,21,24H,14-17H2,1-4H3. The van der Waals surface area contributed by atoms with Crippen LogP contribution >= 0.6 is 0 Å². The number of carbonyl (C=O) groups excluding carboxylic acids is 1. The zero-order valence-electron chi connectivity index (χ0n) is 19.9. The maximum absolute atomic E-state index is 13.0. The molecule has 1 aliphatic heterocycles. The third kappa shape index (κ3) is 4.78. The molecule has 7 nitrogen and oxygen atoms in total. The van der Waals surface area contributed by atoms with Crippen LogP contribution in [0.4, 0.5) is 0 Å². The first-order valence-corrected chi connectivity index (χ1v) is 11.6. The first-order valence-electron chi connectivity index (χ1n) is 11.6. The van der Waals surface area contributed by atoms with E-state index in [1.54, 1.807) is 15.8 Å². The quantitative estimate of drug-likeness (QED) is 0.579. The number of hydrogen-bond donors (Lipinski definition) is 0. The first kappa shape index (κ1) is 23.0. The molecule has 0 radical (unpaired) electrons. The van der Waals surface area contributed by atoms with Gasteiger partial charge >= 0.3 is 5.69 Å². The van der Waals surface area contributed by atoms with E-state index < -0.39 is 0 Å². The third-order valence-electron chi connectivity index (χ3n) is 6.51. The van der Waals surface area contributed by atoms with Crippen LogP contribution in [0.25, 0.3) is 5.69 Å². The Morgan fingerprint density at radius 2 is 1.64 bits per heavy atom.